The number of hydrogen-bond acceptors (Lipinski definition) is 4. The van der Waals surface area contributed by atoms with Crippen molar-refractivity contribution >= 4 is 5.82 Å². The van der Waals surface area contributed by atoms with Gasteiger partial charge in [-0.2, -0.15) is 5.26 Å². The Balaban J connectivity index is 2.96. The highest BCUT2D eigenvalue weighted by atomic mass is 15.2. The largest absolute Gasteiger partial charge is 0.359 e. The maximum absolute atomic E-state index is 8.84. The van der Waals surface area contributed by atoms with E-state index in [4.69, 9.17) is 5.26 Å². The van der Waals surface area contributed by atoms with E-state index in [1.165, 1.54) is 0 Å². The fourth-order valence-corrected chi connectivity index (χ4v) is 1.60. The van der Waals surface area contributed by atoms with E-state index >= 15 is 0 Å². The Hall–Kier alpha value is -1.63. The molecule has 4 heteroatoms. The average Bonchev–Trinajstić information content (AvgIpc) is 2.14. The monoisotopic (exact) mass is 218 g/mol. The molecule has 1 aromatic heterocycles. The summed E-state index contributed by atoms with van der Waals surface area (Å²) >= 11 is 0. The lowest BCUT2D eigenvalue weighted by atomic mass is 9.96. The normalized spacial score (nSPS) is 11.0. The van der Waals surface area contributed by atoms with E-state index in [0.717, 1.165) is 12.4 Å². The highest BCUT2D eigenvalue weighted by Gasteiger charge is 2.15. The Morgan fingerprint density at radius 2 is 2.00 bits per heavy atom. The molecule has 0 atom stereocenters. The number of hydrogen-bond donors (Lipinski definition) is 0. The molecule has 16 heavy (non-hydrogen) atoms. The lowest BCUT2D eigenvalue weighted by molar-refractivity contribution is 0.417. The molecule has 0 aliphatic carbocycles. The van der Waals surface area contributed by atoms with E-state index in [1.54, 1.807) is 13.0 Å². The molecule has 0 unspecified atom stereocenters. The van der Waals surface area contributed by atoms with Crippen molar-refractivity contribution in [1.82, 2.24) is 9.97 Å². The van der Waals surface area contributed by atoms with Crippen LogP contribution in [0.1, 0.15) is 32.3 Å². The van der Waals surface area contributed by atoms with Crippen LogP contribution >= 0.6 is 0 Å². The molecule has 0 radical (unpaired) electrons. The fourth-order valence-electron chi connectivity index (χ4n) is 1.60. The van der Waals surface area contributed by atoms with Crippen molar-refractivity contribution in [2.24, 2.45) is 5.41 Å². The quantitative estimate of drug-likeness (QED) is 0.763. The molecule has 0 aromatic carbocycles. The summed E-state index contributed by atoms with van der Waals surface area (Å²) in [5.74, 6) is 1.44. The van der Waals surface area contributed by atoms with Gasteiger partial charge in [-0.05, 0) is 12.3 Å². The van der Waals surface area contributed by atoms with Crippen LogP contribution in [0.2, 0.25) is 0 Å². The third-order valence-corrected chi connectivity index (χ3v) is 2.04. The van der Waals surface area contributed by atoms with Gasteiger partial charge in [0.15, 0.2) is 0 Å². The van der Waals surface area contributed by atoms with Gasteiger partial charge in [-0.25, -0.2) is 9.97 Å². The van der Waals surface area contributed by atoms with Gasteiger partial charge in [-0.3, -0.25) is 0 Å². The molecule has 86 valence electrons. The molecular weight excluding hydrogens is 200 g/mol. The number of rotatable bonds is 2. The number of aromatic nitrogens is 2. The number of anilines is 1. The highest BCUT2D eigenvalue weighted by Crippen LogP contribution is 2.19. The third-order valence-electron chi connectivity index (χ3n) is 2.04. The van der Waals surface area contributed by atoms with Crippen LogP contribution in [0.3, 0.4) is 0 Å². The van der Waals surface area contributed by atoms with E-state index in [-0.39, 0.29) is 5.41 Å². The van der Waals surface area contributed by atoms with Crippen LogP contribution in [0, 0.1) is 23.7 Å². The molecule has 0 saturated heterocycles. The first-order valence-electron chi connectivity index (χ1n) is 5.29. The zero-order valence-corrected chi connectivity index (χ0v) is 10.6. The van der Waals surface area contributed by atoms with E-state index in [9.17, 15) is 0 Å². The van der Waals surface area contributed by atoms with Gasteiger partial charge < -0.3 is 4.90 Å². The molecule has 4 nitrogen and oxygen atoms in total. The summed E-state index contributed by atoms with van der Waals surface area (Å²) in [7, 11) is 1.98. The SMILES string of the molecule is Cc1nc(C#N)cc(N(C)CC(C)(C)C)n1. The van der Waals surface area contributed by atoms with Crippen LogP contribution in [-0.4, -0.2) is 23.6 Å². The lowest BCUT2D eigenvalue weighted by Gasteiger charge is -2.27. The predicted octanol–water partition coefficient (Wildman–Crippen LogP) is 2.14. The summed E-state index contributed by atoms with van der Waals surface area (Å²) in [5.41, 5.74) is 0.615. The van der Waals surface area contributed by atoms with Gasteiger partial charge in [0.25, 0.3) is 0 Å². The second-order valence-electron chi connectivity index (χ2n) is 5.19. The van der Waals surface area contributed by atoms with Gasteiger partial charge in [-0.15, -0.1) is 0 Å². The number of nitriles is 1. The third kappa shape index (κ3) is 3.50. The summed E-state index contributed by atoms with van der Waals surface area (Å²) in [4.78, 5) is 10.4. The average molecular weight is 218 g/mol. The smallest absolute Gasteiger partial charge is 0.146 e. The molecule has 0 amide bonds. The standard InChI is InChI=1S/C12H18N4/c1-9-14-10(7-13)6-11(15-9)16(5)8-12(2,3)4/h6H,8H2,1-5H3. The van der Waals surface area contributed by atoms with Crippen molar-refractivity contribution < 1.29 is 0 Å². The Labute approximate surface area is 96.9 Å². The first-order chi connectivity index (χ1) is 7.31. The van der Waals surface area contributed by atoms with Crippen LogP contribution < -0.4 is 4.90 Å². The molecule has 0 bridgehead atoms. The zero-order valence-electron chi connectivity index (χ0n) is 10.6. The summed E-state index contributed by atoms with van der Waals surface area (Å²) < 4.78 is 0. The van der Waals surface area contributed by atoms with Crippen LogP contribution in [0.25, 0.3) is 0 Å². The molecule has 0 spiro atoms. The Morgan fingerprint density at radius 1 is 1.38 bits per heavy atom. The van der Waals surface area contributed by atoms with Gasteiger partial charge >= 0.3 is 0 Å². The van der Waals surface area contributed by atoms with Crippen molar-refractivity contribution in [2.45, 2.75) is 27.7 Å². The molecular formula is C12H18N4. The zero-order chi connectivity index (χ0) is 12.3. The first kappa shape index (κ1) is 12.4. The highest BCUT2D eigenvalue weighted by molar-refractivity contribution is 5.42. The van der Waals surface area contributed by atoms with Crippen molar-refractivity contribution in [3.8, 4) is 6.07 Å². The maximum Gasteiger partial charge on any atom is 0.146 e. The predicted molar refractivity (Wildman–Crippen MR) is 64.2 cm³/mol. The lowest BCUT2D eigenvalue weighted by Crippen LogP contribution is -2.30. The van der Waals surface area contributed by atoms with Gasteiger partial charge in [0, 0.05) is 19.7 Å². The first-order valence-corrected chi connectivity index (χ1v) is 5.29. The van der Waals surface area contributed by atoms with E-state index < -0.39 is 0 Å². The van der Waals surface area contributed by atoms with Crippen LogP contribution in [0.4, 0.5) is 5.82 Å². The molecule has 0 aliphatic heterocycles. The van der Waals surface area contributed by atoms with Gasteiger partial charge in [-0.1, -0.05) is 20.8 Å². The molecule has 0 aliphatic rings. The molecule has 1 heterocycles. The Bertz CT molecular complexity index is 412. The minimum absolute atomic E-state index is 0.195. The fraction of sp³-hybridized carbons (Fsp3) is 0.583. The molecule has 0 N–H and O–H groups in total. The van der Waals surface area contributed by atoms with Crippen molar-refractivity contribution in [3.63, 3.8) is 0 Å². The summed E-state index contributed by atoms with van der Waals surface area (Å²) in [6.07, 6.45) is 0. The molecule has 0 saturated carbocycles. The van der Waals surface area contributed by atoms with Crippen LogP contribution in [0.15, 0.2) is 6.07 Å². The molecule has 1 aromatic rings. The minimum atomic E-state index is 0.195. The van der Waals surface area contributed by atoms with Crippen LogP contribution in [-0.2, 0) is 0 Å². The second-order valence-corrected chi connectivity index (χ2v) is 5.19. The second kappa shape index (κ2) is 4.48. The topological polar surface area (TPSA) is 52.8 Å². The molecule has 0 fully saturated rings. The molecule has 1 rings (SSSR count). The summed E-state index contributed by atoms with van der Waals surface area (Å²) in [6, 6.07) is 3.77. The van der Waals surface area contributed by atoms with Gasteiger partial charge in [0.05, 0.1) is 0 Å². The van der Waals surface area contributed by atoms with E-state index in [0.29, 0.717) is 11.5 Å². The van der Waals surface area contributed by atoms with Gasteiger partial charge in [0.2, 0.25) is 0 Å². The Kier molecular flexibility index (Phi) is 3.48. The Morgan fingerprint density at radius 3 is 2.50 bits per heavy atom. The van der Waals surface area contributed by atoms with Crippen molar-refractivity contribution in [2.75, 3.05) is 18.5 Å². The van der Waals surface area contributed by atoms with Crippen molar-refractivity contribution in [3.05, 3.63) is 17.6 Å². The maximum atomic E-state index is 8.84. The number of nitrogens with zero attached hydrogens (tertiary/aromatic N) is 4. The van der Waals surface area contributed by atoms with Crippen molar-refractivity contribution in [1.29, 1.82) is 5.26 Å². The summed E-state index contributed by atoms with van der Waals surface area (Å²) in [5, 5.41) is 8.84. The summed E-state index contributed by atoms with van der Waals surface area (Å²) in [6.45, 7) is 9.19. The minimum Gasteiger partial charge on any atom is -0.359 e. The van der Waals surface area contributed by atoms with E-state index in [1.807, 2.05) is 13.1 Å². The number of aryl methyl sites for hydroxylation is 1. The van der Waals surface area contributed by atoms with E-state index in [2.05, 4.69) is 35.6 Å². The van der Waals surface area contributed by atoms with Crippen LogP contribution in [0.5, 0.6) is 0 Å². The van der Waals surface area contributed by atoms with Gasteiger partial charge in [0.1, 0.15) is 23.4 Å².